The van der Waals surface area contributed by atoms with E-state index in [9.17, 15) is 22.8 Å². The zero-order valence-corrected chi connectivity index (χ0v) is 17.1. The van der Waals surface area contributed by atoms with Crippen LogP contribution in [-0.4, -0.2) is 30.3 Å². The highest BCUT2D eigenvalue weighted by atomic mass is 19.4. The Bertz CT molecular complexity index is 1120. The van der Waals surface area contributed by atoms with Gasteiger partial charge in [-0.3, -0.25) is 20.6 Å². The van der Waals surface area contributed by atoms with Crippen LogP contribution < -0.4 is 31.0 Å². The Morgan fingerprint density at radius 3 is 2.33 bits per heavy atom. The Kier molecular flexibility index (Phi) is 7.18. The summed E-state index contributed by atoms with van der Waals surface area (Å²) in [6, 6.07) is 13.7. The minimum Gasteiger partial charge on any atom is -0.457 e. The molecule has 0 aliphatic carbocycles. The highest BCUT2D eigenvalue weighted by molar-refractivity contribution is 5.92. The van der Waals surface area contributed by atoms with Gasteiger partial charge in [0.1, 0.15) is 22.9 Å². The van der Waals surface area contributed by atoms with E-state index in [1.165, 1.54) is 31.4 Å². The molecule has 0 aliphatic heterocycles. The Labute approximate surface area is 185 Å². The van der Waals surface area contributed by atoms with Crippen LogP contribution >= 0.6 is 0 Å². The first-order chi connectivity index (χ1) is 15.7. The lowest BCUT2D eigenvalue weighted by Crippen LogP contribution is -2.33. The summed E-state index contributed by atoms with van der Waals surface area (Å²) in [5, 5.41) is 4.93. The number of carbonyl (C=O) groups is 2. The van der Waals surface area contributed by atoms with Crippen molar-refractivity contribution < 1.29 is 32.2 Å². The number of pyridine rings is 1. The zero-order valence-electron chi connectivity index (χ0n) is 17.1. The molecule has 0 fully saturated rings. The molecule has 172 valence electrons. The Balaban J connectivity index is 1.54. The Hall–Kier alpha value is -4.48. The number of hydrogen-bond acceptors (Lipinski definition) is 6. The van der Waals surface area contributed by atoms with Crippen molar-refractivity contribution in [1.82, 2.24) is 15.7 Å². The molecule has 0 spiro atoms. The number of aromatic nitrogens is 1. The number of halogens is 3. The monoisotopic (exact) mass is 461 g/mol. The first-order valence-electron chi connectivity index (χ1n) is 9.37. The molecule has 33 heavy (non-hydrogen) atoms. The first kappa shape index (κ1) is 23.2. The van der Waals surface area contributed by atoms with Gasteiger partial charge in [0.15, 0.2) is 0 Å². The van der Waals surface area contributed by atoms with E-state index in [1.54, 1.807) is 30.3 Å². The average Bonchev–Trinajstić information content (AvgIpc) is 2.78. The minimum atomic E-state index is -4.79. The fourth-order valence-corrected chi connectivity index (χ4v) is 2.53. The molecule has 0 bridgehead atoms. The van der Waals surface area contributed by atoms with E-state index in [0.29, 0.717) is 17.2 Å². The van der Waals surface area contributed by atoms with Gasteiger partial charge in [-0.2, -0.15) is 0 Å². The molecule has 3 aromatic rings. The quantitative estimate of drug-likeness (QED) is 0.391. The number of benzene rings is 2. The second kappa shape index (κ2) is 10.2. The molecule has 0 saturated heterocycles. The van der Waals surface area contributed by atoms with Crippen molar-refractivity contribution in [3.8, 4) is 17.2 Å². The van der Waals surface area contributed by atoms with E-state index in [-0.39, 0.29) is 17.3 Å². The second-order valence-electron chi connectivity index (χ2n) is 6.36. The van der Waals surface area contributed by atoms with Crippen molar-refractivity contribution in [3.63, 3.8) is 0 Å². The molecule has 4 N–H and O–H groups in total. The van der Waals surface area contributed by atoms with Gasteiger partial charge in [0.2, 0.25) is 0 Å². The van der Waals surface area contributed by atoms with Crippen LogP contribution in [0.5, 0.6) is 17.2 Å². The van der Waals surface area contributed by atoms with E-state index < -0.39 is 18.1 Å². The third-order valence-corrected chi connectivity index (χ3v) is 3.93. The number of hydrogen-bond donors (Lipinski definition) is 4. The number of nitrogens with one attached hydrogen (secondary N) is 4. The van der Waals surface area contributed by atoms with Crippen molar-refractivity contribution in [1.29, 1.82) is 0 Å². The molecular formula is C21H18F3N5O4. The van der Waals surface area contributed by atoms with Crippen LogP contribution in [0.4, 0.5) is 29.3 Å². The molecule has 12 heteroatoms. The van der Waals surface area contributed by atoms with Crippen LogP contribution in [0.1, 0.15) is 10.5 Å². The molecule has 0 aliphatic rings. The average molecular weight is 461 g/mol. The summed E-state index contributed by atoms with van der Waals surface area (Å²) < 4.78 is 46.1. The maximum Gasteiger partial charge on any atom is 0.573 e. The molecule has 0 saturated carbocycles. The topological polar surface area (TPSA) is 114 Å². The van der Waals surface area contributed by atoms with Crippen molar-refractivity contribution >= 4 is 23.3 Å². The van der Waals surface area contributed by atoms with Crippen molar-refractivity contribution in [2.45, 2.75) is 6.36 Å². The van der Waals surface area contributed by atoms with Crippen molar-refractivity contribution in [2.75, 3.05) is 17.8 Å². The van der Waals surface area contributed by atoms with E-state index in [4.69, 9.17) is 4.74 Å². The number of carbonyl (C=O) groups excluding carboxylic acids is 2. The number of rotatable bonds is 7. The molecule has 1 heterocycles. The van der Waals surface area contributed by atoms with Crippen molar-refractivity contribution in [2.24, 2.45) is 0 Å². The van der Waals surface area contributed by atoms with Gasteiger partial charge >= 0.3 is 12.4 Å². The predicted octanol–water partition coefficient (Wildman–Crippen LogP) is 4.28. The van der Waals surface area contributed by atoms with E-state index in [2.05, 4.69) is 31.2 Å². The summed E-state index contributed by atoms with van der Waals surface area (Å²) in [6.07, 6.45) is -3.35. The van der Waals surface area contributed by atoms with E-state index in [1.807, 2.05) is 0 Å². The van der Waals surface area contributed by atoms with E-state index in [0.717, 1.165) is 12.1 Å². The third kappa shape index (κ3) is 7.31. The number of alkyl halides is 3. The maximum absolute atomic E-state index is 12.2. The molecule has 3 amide bonds. The fraction of sp³-hybridized carbons (Fsp3) is 0.0952. The first-order valence-corrected chi connectivity index (χ1v) is 9.37. The molecule has 9 nitrogen and oxygen atoms in total. The molecule has 3 rings (SSSR count). The SMILES string of the molecule is CNC(=O)c1cc(Oc2cccc(NNC(=O)Nc3ccc(OC(F)(F)F)cc3)c2)ccn1. The third-order valence-electron chi connectivity index (χ3n) is 3.93. The van der Waals surface area contributed by atoms with Crippen LogP contribution in [0.3, 0.4) is 0 Å². The molecule has 0 atom stereocenters. The number of urea groups is 1. The van der Waals surface area contributed by atoms with Gasteiger partial charge in [0, 0.05) is 31.1 Å². The van der Waals surface area contributed by atoms with Crippen molar-refractivity contribution in [3.05, 3.63) is 72.6 Å². The molecule has 1 aromatic heterocycles. The van der Waals surface area contributed by atoms with Crippen LogP contribution in [-0.2, 0) is 0 Å². The van der Waals surface area contributed by atoms with Gasteiger partial charge in [0.25, 0.3) is 5.91 Å². The highest BCUT2D eigenvalue weighted by Gasteiger charge is 2.30. The zero-order chi connectivity index (χ0) is 23.8. The second-order valence-corrected chi connectivity index (χ2v) is 6.36. The van der Waals surface area contributed by atoms with Crippen LogP contribution in [0.2, 0.25) is 0 Å². The van der Waals surface area contributed by atoms with Gasteiger partial charge in [-0.15, -0.1) is 13.2 Å². The van der Waals surface area contributed by atoms with Gasteiger partial charge in [-0.1, -0.05) is 6.07 Å². The highest BCUT2D eigenvalue weighted by Crippen LogP contribution is 2.25. The Morgan fingerprint density at radius 2 is 1.64 bits per heavy atom. The molecule has 2 aromatic carbocycles. The number of hydrazine groups is 1. The molecule has 0 radical (unpaired) electrons. The summed E-state index contributed by atoms with van der Waals surface area (Å²) in [5.41, 5.74) is 6.01. The fourth-order valence-electron chi connectivity index (χ4n) is 2.53. The smallest absolute Gasteiger partial charge is 0.457 e. The summed E-state index contributed by atoms with van der Waals surface area (Å²) in [7, 11) is 1.49. The predicted molar refractivity (Wildman–Crippen MR) is 113 cm³/mol. The van der Waals surface area contributed by atoms with Gasteiger partial charge in [-0.25, -0.2) is 4.79 Å². The molecular weight excluding hydrogens is 443 g/mol. The lowest BCUT2D eigenvalue weighted by atomic mass is 10.3. The normalized spacial score (nSPS) is 10.7. The van der Waals surface area contributed by atoms with Crippen LogP contribution in [0, 0.1) is 0 Å². The summed E-state index contributed by atoms with van der Waals surface area (Å²) in [6.45, 7) is 0. The van der Waals surface area contributed by atoms with Gasteiger partial charge in [-0.05, 0) is 42.5 Å². The summed E-state index contributed by atoms with van der Waals surface area (Å²) in [5.74, 6) is 0.0644. The number of ether oxygens (including phenoxy) is 2. The lowest BCUT2D eigenvalue weighted by molar-refractivity contribution is -0.274. The number of anilines is 2. The standard InChI is InChI=1S/C21H18F3N5O4/c1-25-19(30)18-12-17(9-10-26-18)32-16-4-2-3-14(11-16)28-29-20(31)27-13-5-7-15(8-6-13)33-21(22,23)24/h2-12,28H,1H3,(H,25,30)(H2,27,29,31). The van der Waals surface area contributed by atoms with Crippen LogP contribution in [0.25, 0.3) is 0 Å². The number of amides is 3. The Morgan fingerprint density at radius 1 is 0.909 bits per heavy atom. The van der Waals surface area contributed by atoms with Crippen LogP contribution in [0.15, 0.2) is 66.9 Å². The number of nitrogens with zero attached hydrogens (tertiary/aromatic N) is 1. The largest absolute Gasteiger partial charge is 0.573 e. The van der Waals surface area contributed by atoms with Gasteiger partial charge < -0.3 is 20.1 Å². The molecule has 0 unspecified atom stereocenters. The minimum absolute atomic E-state index is 0.195. The summed E-state index contributed by atoms with van der Waals surface area (Å²) in [4.78, 5) is 27.7. The van der Waals surface area contributed by atoms with E-state index >= 15 is 0 Å². The maximum atomic E-state index is 12.2. The van der Waals surface area contributed by atoms with Gasteiger partial charge in [0.05, 0.1) is 5.69 Å². The summed E-state index contributed by atoms with van der Waals surface area (Å²) >= 11 is 0. The lowest BCUT2D eigenvalue weighted by Gasteiger charge is -2.12.